The summed E-state index contributed by atoms with van der Waals surface area (Å²) in [5.74, 6) is -1.82. The lowest BCUT2D eigenvalue weighted by Gasteiger charge is -2.16. The van der Waals surface area contributed by atoms with Gasteiger partial charge in [0.1, 0.15) is 28.0 Å². The van der Waals surface area contributed by atoms with Crippen molar-refractivity contribution in [3.63, 3.8) is 0 Å². The van der Waals surface area contributed by atoms with Crippen LogP contribution in [0, 0.1) is 23.0 Å². The summed E-state index contributed by atoms with van der Waals surface area (Å²) in [5.41, 5.74) is 9.93. The van der Waals surface area contributed by atoms with Crippen LogP contribution in [0.15, 0.2) is 83.9 Å². The molecule has 2 heterocycles. The molecule has 5 aromatic rings. The average molecular weight is 586 g/mol. The van der Waals surface area contributed by atoms with Gasteiger partial charge in [-0.25, -0.2) is 27.2 Å². The van der Waals surface area contributed by atoms with Gasteiger partial charge in [-0.2, -0.15) is 5.26 Å². The molecule has 0 radical (unpaired) electrons. The maximum absolute atomic E-state index is 14.3. The molecule has 5 rings (SSSR count). The molecule has 0 fully saturated rings. The van der Waals surface area contributed by atoms with Crippen LogP contribution < -0.4 is 15.2 Å². The predicted molar refractivity (Wildman–Crippen MR) is 157 cm³/mol. The molecule has 0 saturated carbocycles. The molecule has 0 aliphatic rings. The van der Waals surface area contributed by atoms with Crippen molar-refractivity contribution >= 4 is 32.4 Å². The number of benzene rings is 3. The maximum atomic E-state index is 14.3. The van der Waals surface area contributed by atoms with E-state index in [1.54, 1.807) is 12.1 Å². The molecule has 0 spiro atoms. The van der Waals surface area contributed by atoms with Crippen molar-refractivity contribution in [2.45, 2.75) is 24.2 Å². The zero-order valence-electron chi connectivity index (χ0n) is 22.8. The Morgan fingerprint density at radius 1 is 0.952 bits per heavy atom. The minimum absolute atomic E-state index is 0.0321. The summed E-state index contributed by atoms with van der Waals surface area (Å²) in [6.45, 7) is 3.70. The molecule has 0 bridgehead atoms. The van der Waals surface area contributed by atoms with Gasteiger partial charge in [0.25, 0.3) is 10.0 Å². The van der Waals surface area contributed by atoms with Crippen molar-refractivity contribution in [3.8, 4) is 34.2 Å². The van der Waals surface area contributed by atoms with Crippen LogP contribution >= 0.6 is 0 Å². The summed E-state index contributed by atoms with van der Waals surface area (Å²) in [5, 5.41) is 10.2. The van der Waals surface area contributed by atoms with Crippen molar-refractivity contribution < 1.29 is 21.9 Å². The van der Waals surface area contributed by atoms with E-state index in [1.165, 1.54) is 19.4 Å². The van der Waals surface area contributed by atoms with Crippen LogP contribution in [0.1, 0.15) is 19.4 Å². The van der Waals surface area contributed by atoms with E-state index in [2.05, 4.69) is 20.8 Å². The van der Waals surface area contributed by atoms with Gasteiger partial charge in [-0.15, -0.1) is 0 Å². The summed E-state index contributed by atoms with van der Waals surface area (Å²) in [6, 6.07) is 20.9. The number of sulfonamides is 1. The number of ether oxygens (including phenoxy) is 1. The van der Waals surface area contributed by atoms with Crippen molar-refractivity contribution in [1.29, 1.82) is 5.26 Å². The predicted octanol–water partition coefficient (Wildman–Crippen LogP) is 6.43. The number of aromatic nitrogens is 2. The Morgan fingerprint density at radius 3 is 2.33 bits per heavy atom. The van der Waals surface area contributed by atoms with Crippen LogP contribution in [-0.2, 0) is 15.4 Å². The number of nitrogen functional groups attached to an aromatic ring is 1. The zero-order valence-corrected chi connectivity index (χ0v) is 23.6. The number of hydrogen-bond acceptors (Lipinski definition) is 7. The van der Waals surface area contributed by atoms with Crippen LogP contribution in [0.3, 0.4) is 0 Å². The fourth-order valence-corrected chi connectivity index (χ4v) is 5.58. The first-order valence-electron chi connectivity index (χ1n) is 12.7. The minimum Gasteiger partial charge on any atom is -0.480 e. The highest BCUT2D eigenvalue weighted by molar-refractivity contribution is 7.92. The van der Waals surface area contributed by atoms with Crippen LogP contribution in [-0.4, -0.2) is 25.5 Å². The van der Waals surface area contributed by atoms with Crippen molar-refractivity contribution in [1.82, 2.24) is 9.97 Å². The molecule has 42 heavy (non-hydrogen) atoms. The molecule has 3 N–H and O–H groups in total. The molecule has 11 heteroatoms. The number of fused-ring (bicyclic) bond motifs is 1. The average Bonchev–Trinajstić information content (AvgIpc) is 2.96. The lowest BCUT2D eigenvalue weighted by molar-refractivity contribution is 0.400. The second kappa shape index (κ2) is 10.7. The van der Waals surface area contributed by atoms with Crippen LogP contribution in [0.25, 0.3) is 33.2 Å². The molecule has 0 unspecified atom stereocenters. The molecule has 0 aliphatic carbocycles. The third-order valence-electron chi connectivity index (χ3n) is 6.85. The first-order valence-corrected chi connectivity index (χ1v) is 14.1. The number of nitrogens with zero attached hydrogens (tertiary/aromatic N) is 3. The van der Waals surface area contributed by atoms with E-state index in [9.17, 15) is 22.5 Å². The summed E-state index contributed by atoms with van der Waals surface area (Å²) in [4.78, 5) is 8.05. The van der Waals surface area contributed by atoms with Gasteiger partial charge in [0.05, 0.1) is 24.1 Å². The molecule has 0 saturated heterocycles. The molecular weight excluding hydrogens is 560 g/mol. The van der Waals surface area contributed by atoms with Gasteiger partial charge in [-0.05, 0) is 66.9 Å². The normalized spacial score (nSPS) is 11.7. The molecule has 2 aromatic heterocycles. The Morgan fingerprint density at radius 2 is 1.67 bits per heavy atom. The number of nitriles is 1. The minimum atomic E-state index is -4.44. The number of nitrogens with one attached hydrogen (secondary N) is 1. The molecule has 0 amide bonds. The first kappa shape index (κ1) is 28.4. The van der Waals surface area contributed by atoms with Gasteiger partial charge < -0.3 is 10.5 Å². The van der Waals surface area contributed by atoms with Gasteiger partial charge in [-0.3, -0.25) is 4.72 Å². The highest BCUT2D eigenvalue weighted by Crippen LogP contribution is 2.35. The van der Waals surface area contributed by atoms with E-state index in [0.717, 1.165) is 28.6 Å². The highest BCUT2D eigenvalue weighted by Gasteiger charge is 2.23. The second-order valence-electron chi connectivity index (χ2n) is 10.1. The topological polar surface area (TPSA) is 131 Å². The lowest BCUT2D eigenvalue weighted by Crippen LogP contribution is -2.15. The summed E-state index contributed by atoms with van der Waals surface area (Å²) < 4.78 is 61.0. The van der Waals surface area contributed by atoms with Crippen LogP contribution in [0.5, 0.6) is 5.88 Å². The molecule has 0 aliphatic heterocycles. The molecule has 3 aromatic carbocycles. The van der Waals surface area contributed by atoms with E-state index in [1.807, 2.05) is 50.2 Å². The first-order chi connectivity index (χ1) is 19.9. The number of nitrogens with two attached hydrogens (primary N) is 1. The SMILES string of the molecule is COc1ncc(-c2ccc3nc(N)c(-c4ccc(C(C)(C)C#N)cc4)cc3c2)cc1NS(=O)(=O)c1ccc(F)cc1F. The van der Waals surface area contributed by atoms with Crippen LogP contribution in [0.4, 0.5) is 20.3 Å². The smallest absolute Gasteiger partial charge is 0.264 e. The van der Waals surface area contributed by atoms with E-state index in [-0.39, 0.29) is 11.6 Å². The molecular formula is C31H25F2N5O3S. The number of hydrogen-bond donors (Lipinski definition) is 2. The van der Waals surface area contributed by atoms with Crippen molar-refractivity contribution in [2.24, 2.45) is 0 Å². The number of rotatable bonds is 7. The van der Waals surface area contributed by atoms with Gasteiger partial charge in [-0.1, -0.05) is 30.3 Å². The summed E-state index contributed by atoms with van der Waals surface area (Å²) >= 11 is 0. The van der Waals surface area contributed by atoms with Gasteiger partial charge >= 0.3 is 0 Å². The van der Waals surface area contributed by atoms with Gasteiger partial charge in [0, 0.05) is 28.8 Å². The Kier molecular flexibility index (Phi) is 7.26. The lowest BCUT2D eigenvalue weighted by atomic mass is 9.85. The summed E-state index contributed by atoms with van der Waals surface area (Å²) in [7, 11) is -3.12. The molecule has 8 nitrogen and oxygen atoms in total. The van der Waals surface area contributed by atoms with Crippen molar-refractivity contribution in [3.05, 3.63) is 96.2 Å². The fourth-order valence-electron chi connectivity index (χ4n) is 4.47. The van der Waals surface area contributed by atoms with E-state index in [0.29, 0.717) is 34.1 Å². The Labute approximate surface area is 241 Å². The third kappa shape index (κ3) is 5.44. The van der Waals surface area contributed by atoms with E-state index in [4.69, 9.17) is 10.5 Å². The summed E-state index contributed by atoms with van der Waals surface area (Å²) in [6.07, 6.45) is 1.51. The zero-order chi connectivity index (χ0) is 30.2. The van der Waals surface area contributed by atoms with Crippen molar-refractivity contribution in [2.75, 3.05) is 17.6 Å². The Bertz CT molecular complexity index is 1990. The molecule has 212 valence electrons. The van der Waals surface area contributed by atoms with Crippen LogP contribution in [0.2, 0.25) is 0 Å². The Hall–Kier alpha value is -5.08. The number of pyridine rings is 2. The van der Waals surface area contributed by atoms with Gasteiger partial charge in [0.2, 0.25) is 5.88 Å². The maximum Gasteiger partial charge on any atom is 0.264 e. The fraction of sp³-hybridized carbons (Fsp3) is 0.129. The standard InChI is InChI=1S/C31H25F2N5O3S/c1-31(2,17-34)22-7-4-18(5-8-22)24-13-20-12-19(6-10-26(20)37-29(24)35)21-14-27(30(41-3)36-16-21)38-42(39,40)28-11-9-23(32)15-25(28)33/h4-16,38H,1-3H3,(H2,35,37). The highest BCUT2D eigenvalue weighted by atomic mass is 32.2. The third-order valence-corrected chi connectivity index (χ3v) is 8.25. The second-order valence-corrected chi connectivity index (χ2v) is 11.8. The number of anilines is 2. The largest absolute Gasteiger partial charge is 0.480 e. The number of halogens is 2. The van der Waals surface area contributed by atoms with E-state index < -0.39 is 32.0 Å². The van der Waals surface area contributed by atoms with E-state index >= 15 is 0 Å². The van der Waals surface area contributed by atoms with Gasteiger partial charge in [0.15, 0.2) is 0 Å². The number of methoxy groups -OCH3 is 1. The quantitative estimate of drug-likeness (QED) is 0.225. The molecule has 0 atom stereocenters. The monoisotopic (exact) mass is 585 g/mol. The Balaban J connectivity index is 1.52.